The van der Waals surface area contributed by atoms with Crippen molar-refractivity contribution in [3.05, 3.63) is 0 Å². The van der Waals surface area contributed by atoms with Gasteiger partial charge >= 0.3 is 0 Å². The Labute approximate surface area is 89.0 Å². The van der Waals surface area contributed by atoms with Crippen LogP contribution in [-0.4, -0.2) is 44.2 Å². The summed E-state index contributed by atoms with van der Waals surface area (Å²) in [5, 5.41) is 3.43. The van der Waals surface area contributed by atoms with E-state index in [9.17, 15) is 0 Å². The molecule has 0 aliphatic heterocycles. The first-order valence-corrected chi connectivity index (χ1v) is 5.98. The van der Waals surface area contributed by atoms with Crippen molar-refractivity contribution in [3.63, 3.8) is 0 Å². The second-order valence-electron chi connectivity index (χ2n) is 3.73. The summed E-state index contributed by atoms with van der Waals surface area (Å²) in [5.41, 5.74) is 5.51. The molecule has 0 aromatic rings. The molecule has 0 saturated heterocycles. The lowest BCUT2D eigenvalue weighted by molar-refractivity contribution is 0.272. The average molecular weight is 201 g/mol. The molecule has 0 aromatic heterocycles. The number of hydrogen-bond acceptors (Lipinski definition) is 3. The van der Waals surface area contributed by atoms with Crippen molar-refractivity contribution >= 4 is 0 Å². The van der Waals surface area contributed by atoms with Gasteiger partial charge in [0.25, 0.3) is 0 Å². The van der Waals surface area contributed by atoms with Crippen LogP contribution in [0.3, 0.4) is 0 Å². The molecule has 3 nitrogen and oxygen atoms in total. The van der Waals surface area contributed by atoms with E-state index in [2.05, 4.69) is 24.1 Å². The van der Waals surface area contributed by atoms with E-state index in [1.807, 2.05) is 0 Å². The Morgan fingerprint density at radius 1 is 1.00 bits per heavy atom. The molecule has 0 bridgehead atoms. The minimum Gasteiger partial charge on any atom is -0.330 e. The summed E-state index contributed by atoms with van der Waals surface area (Å²) in [6.45, 7) is 11.0. The molecule has 14 heavy (non-hydrogen) atoms. The van der Waals surface area contributed by atoms with E-state index in [-0.39, 0.29) is 0 Å². The zero-order chi connectivity index (χ0) is 10.6. The van der Waals surface area contributed by atoms with Crippen LogP contribution in [0.15, 0.2) is 0 Å². The molecule has 0 amide bonds. The predicted molar refractivity (Wildman–Crippen MR) is 63.6 cm³/mol. The molecular formula is C11H27N3. The molecule has 0 atom stereocenters. The zero-order valence-electron chi connectivity index (χ0n) is 9.89. The van der Waals surface area contributed by atoms with E-state index >= 15 is 0 Å². The molecule has 0 heterocycles. The Hall–Kier alpha value is -0.120. The van der Waals surface area contributed by atoms with E-state index < -0.39 is 0 Å². The summed E-state index contributed by atoms with van der Waals surface area (Å²) in [7, 11) is 0. The van der Waals surface area contributed by atoms with Crippen molar-refractivity contribution in [1.29, 1.82) is 0 Å². The SMILES string of the molecule is CCCNCCN(CCC)CCCN. The lowest BCUT2D eigenvalue weighted by Gasteiger charge is -2.21. The molecule has 0 saturated carbocycles. The van der Waals surface area contributed by atoms with Crippen LogP contribution in [0, 0.1) is 0 Å². The molecular weight excluding hydrogens is 174 g/mol. The number of hydrogen-bond donors (Lipinski definition) is 2. The largest absolute Gasteiger partial charge is 0.330 e. The van der Waals surface area contributed by atoms with Crippen molar-refractivity contribution in [3.8, 4) is 0 Å². The molecule has 3 N–H and O–H groups in total. The van der Waals surface area contributed by atoms with Gasteiger partial charge in [-0.05, 0) is 45.4 Å². The van der Waals surface area contributed by atoms with Gasteiger partial charge in [-0.3, -0.25) is 0 Å². The molecule has 0 aromatic carbocycles. The Morgan fingerprint density at radius 2 is 1.79 bits per heavy atom. The highest BCUT2D eigenvalue weighted by Gasteiger charge is 2.01. The van der Waals surface area contributed by atoms with Crippen molar-refractivity contribution in [2.45, 2.75) is 33.1 Å². The first kappa shape index (κ1) is 13.9. The minimum absolute atomic E-state index is 0.808. The summed E-state index contributed by atoms with van der Waals surface area (Å²) in [6.07, 6.45) is 3.57. The van der Waals surface area contributed by atoms with E-state index in [0.717, 1.165) is 39.1 Å². The van der Waals surface area contributed by atoms with Crippen LogP contribution in [-0.2, 0) is 0 Å². The topological polar surface area (TPSA) is 41.3 Å². The van der Waals surface area contributed by atoms with Crippen molar-refractivity contribution in [2.24, 2.45) is 5.73 Å². The number of rotatable bonds is 10. The highest BCUT2D eigenvalue weighted by Crippen LogP contribution is 1.92. The second kappa shape index (κ2) is 11.0. The van der Waals surface area contributed by atoms with Crippen LogP contribution < -0.4 is 11.1 Å². The fourth-order valence-corrected chi connectivity index (χ4v) is 1.51. The summed E-state index contributed by atoms with van der Waals surface area (Å²) < 4.78 is 0. The van der Waals surface area contributed by atoms with Crippen LogP contribution in [0.25, 0.3) is 0 Å². The Bertz CT molecular complexity index is 107. The van der Waals surface area contributed by atoms with E-state index in [4.69, 9.17) is 5.73 Å². The monoisotopic (exact) mass is 201 g/mol. The van der Waals surface area contributed by atoms with Gasteiger partial charge in [-0.2, -0.15) is 0 Å². The van der Waals surface area contributed by atoms with Crippen molar-refractivity contribution in [1.82, 2.24) is 10.2 Å². The van der Waals surface area contributed by atoms with Gasteiger partial charge < -0.3 is 16.0 Å². The number of nitrogens with two attached hydrogens (primary N) is 1. The zero-order valence-corrected chi connectivity index (χ0v) is 9.89. The third-order valence-electron chi connectivity index (χ3n) is 2.25. The minimum atomic E-state index is 0.808. The van der Waals surface area contributed by atoms with Crippen molar-refractivity contribution < 1.29 is 0 Å². The molecule has 3 heteroatoms. The van der Waals surface area contributed by atoms with Gasteiger partial charge in [-0.25, -0.2) is 0 Å². The van der Waals surface area contributed by atoms with Gasteiger partial charge in [-0.1, -0.05) is 13.8 Å². The Morgan fingerprint density at radius 3 is 2.36 bits per heavy atom. The first-order valence-electron chi connectivity index (χ1n) is 5.98. The van der Waals surface area contributed by atoms with Crippen LogP contribution in [0.5, 0.6) is 0 Å². The van der Waals surface area contributed by atoms with Gasteiger partial charge in [0.15, 0.2) is 0 Å². The summed E-state index contributed by atoms with van der Waals surface area (Å²) >= 11 is 0. The lowest BCUT2D eigenvalue weighted by Crippen LogP contribution is -2.34. The third-order valence-corrected chi connectivity index (χ3v) is 2.25. The van der Waals surface area contributed by atoms with Gasteiger partial charge in [0, 0.05) is 13.1 Å². The molecule has 0 aliphatic carbocycles. The summed E-state index contributed by atoms with van der Waals surface area (Å²) in [6, 6.07) is 0. The van der Waals surface area contributed by atoms with Crippen LogP contribution in [0.4, 0.5) is 0 Å². The quantitative estimate of drug-likeness (QED) is 0.519. The summed E-state index contributed by atoms with van der Waals surface area (Å²) in [4.78, 5) is 2.50. The molecule has 0 aliphatic rings. The number of nitrogens with zero attached hydrogens (tertiary/aromatic N) is 1. The van der Waals surface area contributed by atoms with Gasteiger partial charge in [0.2, 0.25) is 0 Å². The second-order valence-corrected chi connectivity index (χ2v) is 3.73. The smallest absolute Gasteiger partial charge is 0.0107 e. The molecule has 86 valence electrons. The molecule has 0 spiro atoms. The predicted octanol–water partition coefficient (Wildman–Crippen LogP) is 1.05. The molecule has 0 radical (unpaired) electrons. The van der Waals surface area contributed by atoms with E-state index in [0.29, 0.717) is 0 Å². The van der Waals surface area contributed by atoms with Crippen molar-refractivity contribution in [2.75, 3.05) is 39.3 Å². The highest BCUT2D eigenvalue weighted by atomic mass is 15.1. The maximum absolute atomic E-state index is 5.51. The van der Waals surface area contributed by atoms with Crippen LogP contribution in [0.2, 0.25) is 0 Å². The maximum Gasteiger partial charge on any atom is 0.0107 e. The lowest BCUT2D eigenvalue weighted by atomic mass is 10.3. The first-order chi connectivity index (χ1) is 6.85. The summed E-state index contributed by atoms with van der Waals surface area (Å²) in [5.74, 6) is 0. The molecule has 0 unspecified atom stereocenters. The standard InChI is InChI=1S/C11H27N3/c1-3-7-13-8-11-14(9-4-2)10-5-6-12/h13H,3-12H2,1-2H3. The van der Waals surface area contributed by atoms with E-state index in [1.54, 1.807) is 0 Å². The third kappa shape index (κ3) is 8.48. The fourth-order valence-electron chi connectivity index (χ4n) is 1.51. The van der Waals surface area contributed by atoms with Crippen LogP contribution >= 0.6 is 0 Å². The fraction of sp³-hybridized carbons (Fsp3) is 1.00. The molecule has 0 rings (SSSR count). The van der Waals surface area contributed by atoms with Gasteiger partial charge in [-0.15, -0.1) is 0 Å². The van der Waals surface area contributed by atoms with Crippen LogP contribution in [0.1, 0.15) is 33.1 Å². The normalized spacial score (nSPS) is 11.1. The van der Waals surface area contributed by atoms with E-state index in [1.165, 1.54) is 19.4 Å². The highest BCUT2D eigenvalue weighted by molar-refractivity contribution is 4.59. The molecule has 0 fully saturated rings. The Kier molecular flexibility index (Phi) is 10.9. The average Bonchev–Trinajstić information content (AvgIpc) is 2.20. The Balaban J connectivity index is 3.40. The van der Waals surface area contributed by atoms with Gasteiger partial charge in [0.1, 0.15) is 0 Å². The van der Waals surface area contributed by atoms with Gasteiger partial charge in [0.05, 0.1) is 0 Å². The maximum atomic E-state index is 5.51. The number of nitrogens with one attached hydrogen (secondary N) is 1.